The minimum Gasteiger partial charge on any atom is -0.335 e. The second kappa shape index (κ2) is 6.01. The third-order valence-electron chi connectivity index (χ3n) is 2.48. The standard InChI is InChI=1S/C14H18BrNO/c1-5-16(9-10(2)3)14(17)12-8-11(4)6-7-13(12)15/h6-8H,2,5,9H2,1,3-4H3. The average molecular weight is 296 g/mol. The van der Waals surface area contributed by atoms with Crippen LogP contribution < -0.4 is 0 Å². The molecule has 0 heterocycles. The maximum Gasteiger partial charge on any atom is 0.255 e. The molecule has 0 saturated heterocycles. The van der Waals surface area contributed by atoms with Gasteiger partial charge < -0.3 is 4.90 Å². The van der Waals surface area contributed by atoms with Gasteiger partial charge in [-0.05, 0) is 48.8 Å². The van der Waals surface area contributed by atoms with Gasteiger partial charge in [0.2, 0.25) is 0 Å². The average Bonchev–Trinajstić information content (AvgIpc) is 2.28. The Morgan fingerprint density at radius 3 is 2.65 bits per heavy atom. The van der Waals surface area contributed by atoms with Crippen molar-refractivity contribution in [1.29, 1.82) is 0 Å². The Balaban J connectivity index is 3.01. The van der Waals surface area contributed by atoms with Gasteiger partial charge in [-0.3, -0.25) is 4.79 Å². The van der Waals surface area contributed by atoms with Crippen LogP contribution in [-0.2, 0) is 0 Å². The van der Waals surface area contributed by atoms with E-state index in [-0.39, 0.29) is 5.91 Å². The molecule has 0 aromatic heterocycles. The van der Waals surface area contributed by atoms with Crippen molar-refractivity contribution in [2.75, 3.05) is 13.1 Å². The minimum atomic E-state index is 0.0473. The minimum absolute atomic E-state index is 0.0473. The summed E-state index contributed by atoms with van der Waals surface area (Å²) in [5.41, 5.74) is 2.79. The summed E-state index contributed by atoms with van der Waals surface area (Å²) in [6.07, 6.45) is 0. The summed E-state index contributed by atoms with van der Waals surface area (Å²) < 4.78 is 0.841. The second-order valence-corrected chi connectivity index (χ2v) is 5.11. The summed E-state index contributed by atoms with van der Waals surface area (Å²) in [6, 6.07) is 5.81. The fourth-order valence-corrected chi connectivity index (χ4v) is 2.04. The monoisotopic (exact) mass is 295 g/mol. The summed E-state index contributed by atoms with van der Waals surface area (Å²) in [4.78, 5) is 14.1. The lowest BCUT2D eigenvalue weighted by atomic mass is 10.1. The number of nitrogens with zero attached hydrogens (tertiary/aromatic N) is 1. The fourth-order valence-electron chi connectivity index (χ4n) is 1.63. The first-order valence-electron chi connectivity index (χ1n) is 5.65. The van der Waals surface area contributed by atoms with Crippen LogP contribution in [0, 0.1) is 6.92 Å². The highest BCUT2D eigenvalue weighted by Crippen LogP contribution is 2.20. The Hall–Kier alpha value is -1.09. The Kier molecular flexibility index (Phi) is 4.94. The molecule has 17 heavy (non-hydrogen) atoms. The van der Waals surface area contributed by atoms with Crippen molar-refractivity contribution in [2.45, 2.75) is 20.8 Å². The van der Waals surface area contributed by atoms with Crippen molar-refractivity contribution < 1.29 is 4.79 Å². The summed E-state index contributed by atoms with van der Waals surface area (Å²) >= 11 is 3.42. The Labute approximate surface area is 111 Å². The molecule has 0 saturated carbocycles. The second-order valence-electron chi connectivity index (χ2n) is 4.26. The highest BCUT2D eigenvalue weighted by Gasteiger charge is 2.16. The summed E-state index contributed by atoms with van der Waals surface area (Å²) in [5.74, 6) is 0.0473. The van der Waals surface area contributed by atoms with Crippen LogP contribution in [0.5, 0.6) is 0 Å². The first-order chi connectivity index (χ1) is 7.95. The van der Waals surface area contributed by atoms with E-state index in [9.17, 15) is 4.79 Å². The summed E-state index contributed by atoms with van der Waals surface area (Å²) in [7, 11) is 0. The largest absolute Gasteiger partial charge is 0.335 e. The Morgan fingerprint density at radius 2 is 2.12 bits per heavy atom. The molecule has 1 rings (SSSR count). The van der Waals surface area contributed by atoms with Crippen LogP contribution >= 0.6 is 15.9 Å². The van der Waals surface area contributed by atoms with E-state index in [1.165, 1.54) is 0 Å². The lowest BCUT2D eigenvalue weighted by molar-refractivity contribution is 0.0777. The molecule has 0 aliphatic rings. The van der Waals surface area contributed by atoms with Gasteiger partial charge in [0.1, 0.15) is 0 Å². The molecule has 0 aliphatic carbocycles. The first-order valence-corrected chi connectivity index (χ1v) is 6.44. The predicted molar refractivity (Wildman–Crippen MR) is 75.3 cm³/mol. The van der Waals surface area contributed by atoms with Crippen molar-refractivity contribution >= 4 is 21.8 Å². The third kappa shape index (κ3) is 3.70. The lowest BCUT2D eigenvalue weighted by Crippen LogP contribution is -2.32. The number of aryl methyl sites for hydroxylation is 1. The molecule has 92 valence electrons. The number of likely N-dealkylation sites (N-methyl/N-ethyl adjacent to an activating group) is 1. The number of hydrogen-bond acceptors (Lipinski definition) is 1. The molecule has 0 aliphatic heterocycles. The summed E-state index contributed by atoms with van der Waals surface area (Å²) in [6.45, 7) is 11.0. The molecule has 0 bridgehead atoms. The third-order valence-corrected chi connectivity index (χ3v) is 3.17. The molecule has 0 unspecified atom stereocenters. The summed E-state index contributed by atoms with van der Waals surface area (Å²) in [5, 5.41) is 0. The first kappa shape index (κ1) is 14.0. The fraction of sp³-hybridized carbons (Fsp3) is 0.357. The van der Waals surface area contributed by atoms with Gasteiger partial charge in [0.15, 0.2) is 0 Å². The Bertz CT molecular complexity index is 440. The molecule has 2 nitrogen and oxygen atoms in total. The maximum atomic E-state index is 12.3. The van der Waals surface area contributed by atoms with Crippen molar-refractivity contribution in [2.24, 2.45) is 0 Å². The predicted octanol–water partition coefficient (Wildman–Crippen LogP) is 3.80. The van der Waals surface area contributed by atoms with Crippen LogP contribution in [0.2, 0.25) is 0 Å². The maximum absolute atomic E-state index is 12.3. The molecular weight excluding hydrogens is 278 g/mol. The molecule has 0 N–H and O–H groups in total. The number of hydrogen-bond donors (Lipinski definition) is 0. The van der Waals surface area contributed by atoms with Gasteiger partial charge in [0.25, 0.3) is 5.91 Å². The van der Waals surface area contributed by atoms with E-state index >= 15 is 0 Å². The zero-order valence-corrected chi connectivity index (χ0v) is 12.2. The number of rotatable bonds is 4. The smallest absolute Gasteiger partial charge is 0.255 e. The van der Waals surface area contributed by atoms with Gasteiger partial charge in [-0.2, -0.15) is 0 Å². The van der Waals surface area contributed by atoms with Crippen LogP contribution in [0.25, 0.3) is 0 Å². The van der Waals surface area contributed by atoms with Crippen LogP contribution in [0.4, 0.5) is 0 Å². The van der Waals surface area contributed by atoms with E-state index < -0.39 is 0 Å². The highest BCUT2D eigenvalue weighted by molar-refractivity contribution is 9.10. The number of amides is 1. The number of benzene rings is 1. The van der Waals surface area contributed by atoms with E-state index in [0.29, 0.717) is 18.7 Å². The topological polar surface area (TPSA) is 20.3 Å². The van der Waals surface area contributed by atoms with Gasteiger partial charge in [0.05, 0.1) is 5.56 Å². The van der Waals surface area contributed by atoms with Crippen LogP contribution in [0.3, 0.4) is 0 Å². The van der Waals surface area contributed by atoms with Gasteiger partial charge in [-0.25, -0.2) is 0 Å². The molecule has 0 spiro atoms. The molecule has 0 radical (unpaired) electrons. The SMILES string of the molecule is C=C(C)CN(CC)C(=O)c1cc(C)ccc1Br. The van der Waals surface area contributed by atoms with E-state index in [4.69, 9.17) is 0 Å². The normalized spacial score (nSPS) is 10.1. The van der Waals surface area contributed by atoms with Gasteiger partial charge in [-0.15, -0.1) is 0 Å². The molecule has 1 aromatic rings. The van der Waals surface area contributed by atoms with Gasteiger partial charge in [-0.1, -0.05) is 23.8 Å². The zero-order chi connectivity index (χ0) is 13.0. The van der Waals surface area contributed by atoms with Gasteiger partial charge >= 0.3 is 0 Å². The van der Waals surface area contributed by atoms with Crippen LogP contribution in [-0.4, -0.2) is 23.9 Å². The van der Waals surface area contributed by atoms with E-state index in [1.807, 2.05) is 39.0 Å². The number of carbonyl (C=O) groups excluding carboxylic acids is 1. The quantitative estimate of drug-likeness (QED) is 0.774. The van der Waals surface area contributed by atoms with Crippen LogP contribution in [0.15, 0.2) is 34.8 Å². The number of halogens is 1. The van der Waals surface area contributed by atoms with Crippen molar-refractivity contribution in [3.05, 3.63) is 46.0 Å². The molecule has 3 heteroatoms. The molecular formula is C14H18BrNO. The van der Waals surface area contributed by atoms with Crippen molar-refractivity contribution in [3.8, 4) is 0 Å². The van der Waals surface area contributed by atoms with Crippen molar-refractivity contribution in [1.82, 2.24) is 4.90 Å². The van der Waals surface area contributed by atoms with E-state index in [2.05, 4.69) is 22.5 Å². The molecule has 1 amide bonds. The number of carbonyl (C=O) groups is 1. The van der Waals surface area contributed by atoms with Crippen molar-refractivity contribution in [3.63, 3.8) is 0 Å². The van der Waals surface area contributed by atoms with Gasteiger partial charge in [0, 0.05) is 17.6 Å². The van der Waals surface area contributed by atoms with E-state index in [1.54, 1.807) is 4.90 Å². The Morgan fingerprint density at radius 1 is 1.47 bits per heavy atom. The molecule has 0 fully saturated rings. The zero-order valence-electron chi connectivity index (χ0n) is 10.6. The highest BCUT2D eigenvalue weighted by atomic mass is 79.9. The van der Waals surface area contributed by atoms with E-state index in [0.717, 1.165) is 15.6 Å². The lowest BCUT2D eigenvalue weighted by Gasteiger charge is -2.21. The van der Waals surface area contributed by atoms with Crippen LogP contribution in [0.1, 0.15) is 29.8 Å². The molecule has 0 atom stereocenters. The molecule has 1 aromatic carbocycles.